The van der Waals surface area contributed by atoms with Crippen molar-refractivity contribution in [3.05, 3.63) is 23.3 Å². The lowest BCUT2D eigenvalue weighted by atomic mass is 9.47. The molecule has 2 fully saturated rings. The van der Waals surface area contributed by atoms with Crippen LogP contribution in [0.5, 0.6) is 0 Å². The summed E-state index contributed by atoms with van der Waals surface area (Å²) in [5.74, 6) is 1.46. The summed E-state index contributed by atoms with van der Waals surface area (Å²) in [4.78, 5) is 24.3. The normalized spacial score (nSPS) is 48.8. The lowest BCUT2D eigenvalue weighted by Gasteiger charge is -2.57. The van der Waals surface area contributed by atoms with Gasteiger partial charge in [0.2, 0.25) is 0 Å². The summed E-state index contributed by atoms with van der Waals surface area (Å²) in [5, 5.41) is 11.2. The predicted octanol–water partition coefficient (Wildman–Crippen LogP) is 4.00. The number of ketones is 2. The zero-order valence-corrected chi connectivity index (χ0v) is 15.9. The Morgan fingerprint density at radius 1 is 1.16 bits per heavy atom. The van der Waals surface area contributed by atoms with Gasteiger partial charge in [-0.15, -0.1) is 0 Å². The summed E-state index contributed by atoms with van der Waals surface area (Å²) in [5.41, 5.74) is 1.06. The number of hydrogen-bond acceptors (Lipinski definition) is 3. The maximum absolute atomic E-state index is 12.3. The smallest absolute Gasteiger partial charge is 0.161 e. The molecule has 4 rings (SSSR count). The predicted molar refractivity (Wildman–Crippen MR) is 96.9 cm³/mol. The van der Waals surface area contributed by atoms with Crippen molar-refractivity contribution in [2.45, 2.75) is 71.8 Å². The molecule has 0 saturated heterocycles. The summed E-state index contributed by atoms with van der Waals surface area (Å²) in [6.45, 7) is 8.17. The fraction of sp³-hybridized carbons (Fsp3) is 0.727. The van der Waals surface area contributed by atoms with Crippen molar-refractivity contribution in [3.8, 4) is 0 Å². The van der Waals surface area contributed by atoms with Gasteiger partial charge in [-0.3, -0.25) is 9.59 Å². The van der Waals surface area contributed by atoms with Crippen LogP contribution >= 0.6 is 0 Å². The maximum Gasteiger partial charge on any atom is 0.161 e. The fourth-order valence-corrected chi connectivity index (χ4v) is 7.01. The molecule has 6 atom stereocenters. The molecule has 3 heteroatoms. The van der Waals surface area contributed by atoms with E-state index >= 15 is 0 Å². The highest BCUT2D eigenvalue weighted by molar-refractivity contribution is 5.92. The maximum atomic E-state index is 12.3. The van der Waals surface area contributed by atoms with E-state index in [0.29, 0.717) is 30.6 Å². The molecule has 4 aliphatic carbocycles. The van der Waals surface area contributed by atoms with Gasteiger partial charge in [0.05, 0.1) is 0 Å². The third kappa shape index (κ3) is 2.02. The van der Waals surface area contributed by atoms with Crippen molar-refractivity contribution in [2.24, 2.45) is 28.6 Å². The van der Waals surface area contributed by atoms with Gasteiger partial charge in [0.25, 0.3) is 0 Å². The van der Waals surface area contributed by atoms with E-state index < -0.39 is 5.60 Å². The van der Waals surface area contributed by atoms with E-state index in [-0.39, 0.29) is 22.4 Å². The molecule has 3 nitrogen and oxygen atoms in total. The molecule has 4 aliphatic rings. The number of allylic oxidation sites excluding steroid dienone is 4. The molecular weight excluding hydrogens is 312 g/mol. The molecular formula is C22H30O3. The summed E-state index contributed by atoms with van der Waals surface area (Å²) < 4.78 is 0. The molecule has 1 N–H and O–H groups in total. The second-order valence-corrected chi connectivity index (χ2v) is 9.49. The van der Waals surface area contributed by atoms with E-state index in [2.05, 4.69) is 26.8 Å². The third-order valence-corrected chi connectivity index (χ3v) is 8.56. The molecule has 0 aromatic rings. The van der Waals surface area contributed by atoms with Gasteiger partial charge >= 0.3 is 0 Å². The number of carbonyl (C=O) groups excluding carboxylic acids is 2. The van der Waals surface area contributed by atoms with E-state index in [1.54, 1.807) is 6.92 Å². The van der Waals surface area contributed by atoms with Crippen LogP contribution in [0.3, 0.4) is 0 Å². The Labute approximate surface area is 150 Å². The molecule has 25 heavy (non-hydrogen) atoms. The molecule has 0 aliphatic heterocycles. The molecule has 0 heterocycles. The molecule has 2 saturated carbocycles. The van der Waals surface area contributed by atoms with Gasteiger partial charge in [0.1, 0.15) is 5.60 Å². The van der Waals surface area contributed by atoms with Crippen LogP contribution in [0.2, 0.25) is 0 Å². The Morgan fingerprint density at radius 2 is 1.84 bits per heavy atom. The van der Waals surface area contributed by atoms with E-state index in [9.17, 15) is 14.7 Å². The Kier molecular flexibility index (Phi) is 3.55. The van der Waals surface area contributed by atoms with Gasteiger partial charge in [0, 0.05) is 11.8 Å². The van der Waals surface area contributed by atoms with E-state index in [1.165, 1.54) is 11.1 Å². The van der Waals surface area contributed by atoms with Gasteiger partial charge < -0.3 is 5.11 Å². The average molecular weight is 342 g/mol. The Hall–Kier alpha value is -1.22. The number of carbonyl (C=O) groups is 2. The van der Waals surface area contributed by atoms with Crippen LogP contribution in [-0.4, -0.2) is 22.3 Å². The van der Waals surface area contributed by atoms with Crippen LogP contribution in [0.4, 0.5) is 0 Å². The highest BCUT2D eigenvalue weighted by Crippen LogP contribution is 2.67. The fourth-order valence-electron chi connectivity index (χ4n) is 7.01. The lowest BCUT2D eigenvalue weighted by molar-refractivity contribution is -0.156. The van der Waals surface area contributed by atoms with Crippen LogP contribution in [0, 0.1) is 28.6 Å². The standard InChI is InChI=1S/C22H30O3/c1-13-11-16-17(20(3)8-5-15(24)12-19(13)20)6-9-21(4)18(16)7-10-22(21,25)14(2)23/h11-12,16-18,25H,5-10H2,1-4H3/t16-,17-,18+,20+,21-,22-/m0/s1. The van der Waals surface area contributed by atoms with E-state index in [4.69, 9.17) is 0 Å². The average Bonchev–Trinajstić information content (AvgIpc) is 2.83. The zero-order chi connectivity index (χ0) is 18.2. The highest BCUT2D eigenvalue weighted by Gasteiger charge is 2.65. The van der Waals surface area contributed by atoms with Crippen molar-refractivity contribution >= 4 is 11.6 Å². The Bertz CT molecular complexity index is 717. The van der Waals surface area contributed by atoms with Gasteiger partial charge in [-0.25, -0.2) is 0 Å². The lowest BCUT2D eigenvalue weighted by Crippen LogP contribution is -2.56. The number of rotatable bonds is 1. The topological polar surface area (TPSA) is 54.4 Å². The van der Waals surface area contributed by atoms with Crippen LogP contribution in [0.1, 0.15) is 66.2 Å². The van der Waals surface area contributed by atoms with Crippen molar-refractivity contribution < 1.29 is 14.7 Å². The largest absolute Gasteiger partial charge is 0.382 e. The first-order valence-corrected chi connectivity index (χ1v) is 9.81. The van der Waals surface area contributed by atoms with Crippen molar-refractivity contribution in [2.75, 3.05) is 0 Å². The summed E-state index contributed by atoms with van der Waals surface area (Å²) in [6.07, 6.45) is 9.28. The van der Waals surface area contributed by atoms with Gasteiger partial charge in [-0.1, -0.05) is 25.5 Å². The van der Waals surface area contributed by atoms with Crippen molar-refractivity contribution in [1.82, 2.24) is 0 Å². The second-order valence-electron chi connectivity index (χ2n) is 9.49. The van der Waals surface area contributed by atoms with Crippen molar-refractivity contribution in [3.63, 3.8) is 0 Å². The summed E-state index contributed by atoms with van der Waals surface area (Å²) in [7, 11) is 0. The van der Waals surface area contributed by atoms with Crippen molar-refractivity contribution in [1.29, 1.82) is 0 Å². The van der Waals surface area contributed by atoms with E-state index in [1.807, 2.05) is 6.08 Å². The minimum Gasteiger partial charge on any atom is -0.382 e. The highest BCUT2D eigenvalue weighted by atomic mass is 16.3. The molecule has 0 amide bonds. The first-order chi connectivity index (χ1) is 11.6. The van der Waals surface area contributed by atoms with E-state index in [0.717, 1.165) is 25.7 Å². The summed E-state index contributed by atoms with van der Waals surface area (Å²) in [6, 6.07) is 0. The van der Waals surface area contributed by atoms with Crippen LogP contribution in [0.25, 0.3) is 0 Å². The minimum absolute atomic E-state index is 0.0651. The SMILES string of the molecule is CC(=O)[C@@]1(O)CC[C@@H]2[C@H]3C=C(C)C4=CC(=O)CC[C@]4(C)[C@H]3CC[C@@]21C. The molecule has 0 aromatic carbocycles. The molecule has 0 aromatic heterocycles. The molecule has 0 spiro atoms. The number of aliphatic hydroxyl groups is 1. The zero-order valence-electron chi connectivity index (χ0n) is 15.9. The Balaban J connectivity index is 1.80. The number of hydrogen-bond donors (Lipinski definition) is 1. The van der Waals surface area contributed by atoms with Crippen LogP contribution < -0.4 is 0 Å². The minimum atomic E-state index is -1.16. The van der Waals surface area contributed by atoms with Gasteiger partial charge in [-0.2, -0.15) is 0 Å². The first kappa shape index (κ1) is 17.2. The third-order valence-electron chi connectivity index (χ3n) is 8.56. The second kappa shape index (κ2) is 5.16. The van der Waals surface area contributed by atoms with Crippen LogP contribution in [-0.2, 0) is 9.59 Å². The Morgan fingerprint density at radius 3 is 2.52 bits per heavy atom. The first-order valence-electron chi connectivity index (χ1n) is 9.81. The van der Waals surface area contributed by atoms with Gasteiger partial charge in [0.15, 0.2) is 11.6 Å². The quantitative estimate of drug-likeness (QED) is 0.783. The number of fused-ring (bicyclic) bond motifs is 5. The molecule has 0 bridgehead atoms. The monoisotopic (exact) mass is 342 g/mol. The molecule has 0 radical (unpaired) electrons. The number of Topliss-reactive ketones (excluding diaryl/α,β-unsaturated/α-hetero) is 1. The summed E-state index contributed by atoms with van der Waals surface area (Å²) >= 11 is 0. The van der Waals surface area contributed by atoms with Gasteiger partial charge in [-0.05, 0) is 80.8 Å². The molecule has 136 valence electrons. The van der Waals surface area contributed by atoms with Crippen LogP contribution in [0.15, 0.2) is 23.3 Å². The molecule has 0 unspecified atom stereocenters.